The molecule has 23 heavy (non-hydrogen) atoms. The van der Waals surface area contributed by atoms with E-state index in [2.05, 4.69) is 55.5 Å². The molecule has 1 unspecified atom stereocenters. The first-order chi connectivity index (χ1) is 10.3. The summed E-state index contributed by atoms with van der Waals surface area (Å²) in [4.78, 5) is 0. The van der Waals surface area contributed by atoms with Crippen LogP contribution in [0.5, 0.6) is 0 Å². The van der Waals surface area contributed by atoms with Gasteiger partial charge in [-0.05, 0) is 0 Å². The van der Waals surface area contributed by atoms with Crippen molar-refractivity contribution < 1.29 is 44.8 Å². The fourth-order valence-electron chi connectivity index (χ4n) is 4.34. The molecular weight excluding hydrogens is 490 g/mol. The summed E-state index contributed by atoms with van der Waals surface area (Å²) in [5.41, 5.74) is 4.91. The molecule has 1 aromatic carbocycles. The molecule has 0 N–H and O–H groups in total. The predicted octanol–water partition coefficient (Wildman–Crippen LogP) is 0.171. The van der Waals surface area contributed by atoms with Crippen LogP contribution < -0.4 is 24.8 Å². The van der Waals surface area contributed by atoms with Crippen LogP contribution in [0.1, 0.15) is 47.4 Å². The van der Waals surface area contributed by atoms with Gasteiger partial charge in [-0.3, -0.25) is 0 Å². The minimum atomic E-state index is -2.23. The van der Waals surface area contributed by atoms with Crippen molar-refractivity contribution in [2.75, 3.05) is 0 Å². The summed E-state index contributed by atoms with van der Waals surface area (Å²) in [6.07, 6.45) is 15.2. The topological polar surface area (TPSA) is 0 Å². The van der Waals surface area contributed by atoms with E-state index in [1.807, 2.05) is 3.33 Å². The van der Waals surface area contributed by atoms with E-state index < -0.39 is 20.0 Å². The molecule has 1 aliphatic heterocycles. The zero-order valence-corrected chi connectivity index (χ0v) is 18.8. The average Bonchev–Trinajstić information content (AvgIpc) is 3.00. The molecule has 3 aliphatic rings. The van der Waals surface area contributed by atoms with E-state index in [-0.39, 0.29) is 24.8 Å². The number of benzene rings is 1. The van der Waals surface area contributed by atoms with Gasteiger partial charge in [0.25, 0.3) is 0 Å². The molecular formula is C20H24Cl2Hf. The van der Waals surface area contributed by atoms with Gasteiger partial charge in [0, 0.05) is 0 Å². The van der Waals surface area contributed by atoms with Crippen LogP contribution in [0.25, 0.3) is 6.08 Å². The average molecular weight is 514 g/mol. The summed E-state index contributed by atoms with van der Waals surface area (Å²) in [6, 6.07) is 9.12. The predicted molar refractivity (Wildman–Crippen MR) is 88.1 cm³/mol. The smallest absolute Gasteiger partial charge is 1.00 e. The van der Waals surface area contributed by atoms with Gasteiger partial charge < -0.3 is 24.8 Å². The normalized spacial score (nSPS) is 21.2. The van der Waals surface area contributed by atoms with Crippen molar-refractivity contribution in [2.45, 2.75) is 44.6 Å². The van der Waals surface area contributed by atoms with Crippen molar-refractivity contribution in [2.24, 2.45) is 0 Å². The zero-order chi connectivity index (χ0) is 14.3. The van der Waals surface area contributed by atoms with Gasteiger partial charge in [0.15, 0.2) is 0 Å². The molecule has 1 fully saturated rings. The van der Waals surface area contributed by atoms with E-state index in [1.165, 1.54) is 31.2 Å². The molecule has 0 bridgehead atoms. The molecule has 4 rings (SSSR count). The van der Waals surface area contributed by atoms with Crippen molar-refractivity contribution in [1.82, 2.24) is 0 Å². The third-order valence-electron chi connectivity index (χ3n) is 5.61. The first-order valence-corrected chi connectivity index (χ1v) is 17.5. The van der Waals surface area contributed by atoms with Crippen LogP contribution in [0, 0.1) is 0 Å². The number of fused-ring (bicyclic) bond motifs is 1. The fraction of sp³-hybridized carbons (Fsp3) is 0.400. The fourth-order valence-corrected chi connectivity index (χ4v) is 28.7. The minimum Gasteiger partial charge on any atom is -1.00 e. The summed E-state index contributed by atoms with van der Waals surface area (Å²) in [5, 5.41) is 0. The summed E-state index contributed by atoms with van der Waals surface area (Å²) < 4.78 is 6.04. The van der Waals surface area contributed by atoms with Gasteiger partial charge in [-0.1, -0.05) is 0 Å². The van der Waals surface area contributed by atoms with Gasteiger partial charge in [-0.15, -0.1) is 0 Å². The van der Waals surface area contributed by atoms with Gasteiger partial charge in [-0.2, -0.15) is 0 Å². The van der Waals surface area contributed by atoms with Crippen LogP contribution in [0.4, 0.5) is 0 Å². The Morgan fingerprint density at radius 2 is 1.87 bits per heavy atom. The molecule has 1 saturated heterocycles. The van der Waals surface area contributed by atoms with E-state index in [1.54, 1.807) is 19.5 Å². The number of allylic oxidation sites excluding steroid dienone is 5. The Hall–Kier alpha value is -0.110. The maximum atomic E-state index is 2.57. The molecule has 3 heteroatoms. The summed E-state index contributed by atoms with van der Waals surface area (Å²) in [7, 11) is 0. The van der Waals surface area contributed by atoms with Gasteiger partial charge in [-0.25, -0.2) is 0 Å². The molecule has 0 amide bonds. The second-order valence-electron chi connectivity index (χ2n) is 6.84. The van der Waals surface area contributed by atoms with Gasteiger partial charge in [0.05, 0.1) is 0 Å². The largest absolute Gasteiger partial charge is 1.00 e. The van der Waals surface area contributed by atoms with Crippen molar-refractivity contribution in [3.63, 3.8) is 0 Å². The number of hydrogen-bond donors (Lipinski definition) is 0. The second kappa shape index (κ2) is 7.85. The van der Waals surface area contributed by atoms with Crippen LogP contribution in [0.15, 0.2) is 51.4 Å². The molecule has 0 spiro atoms. The molecule has 122 valence electrons. The van der Waals surface area contributed by atoms with E-state index in [0.717, 1.165) is 3.67 Å². The second-order valence-corrected chi connectivity index (χ2v) is 23.1. The van der Waals surface area contributed by atoms with Gasteiger partial charge >= 0.3 is 133 Å². The number of unbranched alkanes of at least 4 members (excludes halogenated alkanes) is 1. The SMILES string of the molecule is CCCCC1=[C]([Hf+2]2([CH]3C=Cc4ccccc43)[CH2][CH2]2)CC=C1.[Cl-].[Cl-]. The van der Waals surface area contributed by atoms with E-state index >= 15 is 0 Å². The molecule has 1 atom stereocenters. The van der Waals surface area contributed by atoms with Crippen molar-refractivity contribution in [3.05, 3.63) is 62.5 Å². The van der Waals surface area contributed by atoms with E-state index in [4.69, 9.17) is 0 Å². The Bertz CT molecular complexity index is 653. The first-order valence-electron chi connectivity index (χ1n) is 8.51. The third kappa shape index (κ3) is 3.34. The standard InChI is InChI=1S/C9H7.C9H13.C2H4.2ClH.Hf/c1-2-5-9-7-3-6-8(9)4-1;1-2-3-6-9-7-4-5-8-9;1-2;;;/h1-7H;4,7H,2-3,5-6H2,1H3;1-2H2;2*1H;/q;;;;;+2/p-2. The van der Waals surface area contributed by atoms with E-state index in [0.29, 0.717) is 0 Å². The third-order valence-corrected chi connectivity index (χ3v) is 23.6. The summed E-state index contributed by atoms with van der Waals surface area (Å²) >= 11 is -2.23. The monoisotopic (exact) mass is 514 g/mol. The van der Waals surface area contributed by atoms with Gasteiger partial charge in [0.2, 0.25) is 0 Å². The van der Waals surface area contributed by atoms with Gasteiger partial charge in [0.1, 0.15) is 0 Å². The summed E-state index contributed by atoms with van der Waals surface area (Å²) in [6.45, 7) is 2.31. The number of halogens is 2. The van der Waals surface area contributed by atoms with Crippen LogP contribution in [0.3, 0.4) is 0 Å². The maximum Gasteiger partial charge on any atom is -1.00 e. The Kier molecular flexibility index (Phi) is 6.56. The number of hydrogen-bond acceptors (Lipinski definition) is 0. The van der Waals surface area contributed by atoms with E-state index in [9.17, 15) is 0 Å². The Balaban J connectivity index is 0.000000960. The Morgan fingerprint density at radius 1 is 1.09 bits per heavy atom. The maximum absolute atomic E-state index is 2.57. The van der Waals surface area contributed by atoms with Crippen molar-refractivity contribution in [1.29, 1.82) is 0 Å². The van der Waals surface area contributed by atoms with Crippen molar-refractivity contribution >= 4 is 6.08 Å². The molecule has 0 radical (unpaired) electrons. The molecule has 0 nitrogen and oxygen atoms in total. The first kappa shape index (κ1) is 19.2. The number of rotatable bonds is 5. The molecule has 0 saturated carbocycles. The van der Waals surface area contributed by atoms with Crippen LogP contribution in [-0.4, -0.2) is 0 Å². The zero-order valence-electron chi connectivity index (χ0n) is 13.7. The summed E-state index contributed by atoms with van der Waals surface area (Å²) in [5.74, 6) is 0. The molecule has 1 aromatic rings. The Labute approximate surface area is 157 Å². The quantitative estimate of drug-likeness (QED) is 0.493. The Morgan fingerprint density at radius 3 is 2.61 bits per heavy atom. The molecule has 0 aromatic heterocycles. The minimum absolute atomic E-state index is 0. The van der Waals surface area contributed by atoms with Crippen LogP contribution in [-0.2, 0) is 20.0 Å². The van der Waals surface area contributed by atoms with Crippen LogP contribution >= 0.6 is 0 Å². The molecule has 1 heterocycles. The van der Waals surface area contributed by atoms with Crippen molar-refractivity contribution in [3.8, 4) is 0 Å². The van der Waals surface area contributed by atoms with Crippen LogP contribution in [0.2, 0.25) is 8.35 Å². The molecule has 2 aliphatic carbocycles.